The van der Waals surface area contributed by atoms with Crippen LogP contribution in [-0.4, -0.2) is 30.0 Å². The van der Waals surface area contributed by atoms with Gasteiger partial charge in [0.1, 0.15) is 0 Å². The first kappa shape index (κ1) is 11.9. The average Bonchev–Trinajstić information content (AvgIpc) is 2.28. The maximum atomic E-state index is 8.88. The molecule has 1 rings (SSSR count). The molecule has 0 fully saturated rings. The van der Waals surface area contributed by atoms with Gasteiger partial charge in [0.05, 0.1) is 17.5 Å². The predicted octanol–water partition coefficient (Wildman–Crippen LogP) is 2.24. The summed E-state index contributed by atoms with van der Waals surface area (Å²) in [6, 6.07) is 7.69. The molecular weight excluding hydrogens is 208 g/mol. The van der Waals surface area contributed by atoms with Gasteiger partial charge in [-0.1, -0.05) is 0 Å². The minimum absolute atomic E-state index is 0.160. The summed E-state index contributed by atoms with van der Waals surface area (Å²) >= 11 is 4.52. The molecule has 0 heterocycles. The second-order valence-corrected chi connectivity index (χ2v) is 3.21. The van der Waals surface area contributed by atoms with Crippen LogP contribution >= 0.6 is 12.2 Å². The van der Waals surface area contributed by atoms with Gasteiger partial charge in [0, 0.05) is 18.8 Å². The number of thiocarbonyl (C=S) groups is 1. The maximum Gasteiger partial charge on any atom is 0.0741 e. The minimum Gasteiger partial charge on any atom is -0.395 e. The largest absolute Gasteiger partial charge is 0.395 e. The van der Waals surface area contributed by atoms with Crippen molar-refractivity contribution in [2.24, 2.45) is 4.99 Å². The molecule has 0 aliphatic carbocycles. The molecular formula is C11H14N2OS. The van der Waals surface area contributed by atoms with Gasteiger partial charge in [0.2, 0.25) is 0 Å². The van der Waals surface area contributed by atoms with Crippen molar-refractivity contribution >= 4 is 28.8 Å². The molecule has 0 amide bonds. The van der Waals surface area contributed by atoms with E-state index in [0.717, 1.165) is 17.9 Å². The molecule has 0 aromatic heterocycles. The molecule has 0 aliphatic rings. The Morgan fingerprint density at radius 3 is 2.53 bits per heavy atom. The van der Waals surface area contributed by atoms with E-state index < -0.39 is 0 Å². The highest BCUT2D eigenvalue weighted by molar-refractivity contribution is 7.78. The molecule has 80 valence electrons. The zero-order chi connectivity index (χ0) is 11.1. The molecule has 0 atom stereocenters. The second-order valence-electron chi connectivity index (χ2n) is 3.02. The number of isothiocyanates is 1. The van der Waals surface area contributed by atoms with Crippen molar-refractivity contribution in [2.45, 2.75) is 6.92 Å². The van der Waals surface area contributed by atoms with E-state index in [0.29, 0.717) is 6.54 Å². The normalized spacial score (nSPS) is 9.47. The predicted molar refractivity (Wildman–Crippen MR) is 66.1 cm³/mol. The quantitative estimate of drug-likeness (QED) is 0.613. The number of aliphatic hydroxyl groups is 1. The van der Waals surface area contributed by atoms with Crippen LogP contribution in [0.2, 0.25) is 0 Å². The van der Waals surface area contributed by atoms with E-state index in [4.69, 9.17) is 5.11 Å². The smallest absolute Gasteiger partial charge is 0.0741 e. The summed E-state index contributed by atoms with van der Waals surface area (Å²) < 4.78 is 0. The first-order chi connectivity index (χ1) is 7.31. The van der Waals surface area contributed by atoms with Crippen molar-refractivity contribution in [3.8, 4) is 0 Å². The Balaban J connectivity index is 2.81. The molecule has 0 saturated heterocycles. The van der Waals surface area contributed by atoms with Crippen LogP contribution in [-0.2, 0) is 0 Å². The molecule has 15 heavy (non-hydrogen) atoms. The Labute approximate surface area is 95.1 Å². The highest BCUT2D eigenvalue weighted by atomic mass is 32.1. The lowest BCUT2D eigenvalue weighted by atomic mass is 10.2. The highest BCUT2D eigenvalue weighted by Crippen LogP contribution is 2.18. The van der Waals surface area contributed by atoms with Crippen molar-refractivity contribution in [1.82, 2.24) is 0 Å². The third kappa shape index (κ3) is 3.44. The summed E-state index contributed by atoms with van der Waals surface area (Å²) in [7, 11) is 0. The van der Waals surface area contributed by atoms with Crippen LogP contribution < -0.4 is 4.90 Å². The van der Waals surface area contributed by atoms with E-state index in [-0.39, 0.29) is 6.61 Å². The Kier molecular flexibility index (Phi) is 4.98. The summed E-state index contributed by atoms with van der Waals surface area (Å²) in [5.41, 5.74) is 1.88. The van der Waals surface area contributed by atoms with Gasteiger partial charge >= 0.3 is 0 Å². The number of likely N-dealkylation sites (N-methyl/N-ethyl adjacent to an activating group) is 1. The molecule has 0 unspecified atom stereocenters. The number of rotatable bonds is 5. The summed E-state index contributed by atoms with van der Waals surface area (Å²) in [4.78, 5) is 5.96. The fourth-order valence-electron chi connectivity index (χ4n) is 1.38. The Bertz CT molecular complexity index is 344. The topological polar surface area (TPSA) is 35.8 Å². The summed E-state index contributed by atoms with van der Waals surface area (Å²) in [5, 5.41) is 11.2. The van der Waals surface area contributed by atoms with Gasteiger partial charge in [0.25, 0.3) is 0 Å². The molecule has 0 bridgehead atoms. The number of benzene rings is 1. The van der Waals surface area contributed by atoms with Crippen molar-refractivity contribution in [3.63, 3.8) is 0 Å². The SMILES string of the molecule is CCN(CCO)c1ccc(N=C=S)cc1. The molecule has 1 N–H and O–H groups in total. The van der Waals surface area contributed by atoms with E-state index in [1.807, 2.05) is 24.3 Å². The fourth-order valence-corrected chi connectivity index (χ4v) is 1.49. The number of aliphatic imine (C=N–C) groups is 1. The number of hydrogen-bond donors (Lipinski definition) is 1. The summed E-state index contributed by atoms with van der Waals surface area (Å²) in [6.07, 6.45) is 0. The van der Waals surface area contributed by atoms with E-state index in [2.05, 4.69) is 34.2 Å². The Hall–Kier alpha value is -1.22. The van der Waals surface area contributed by atoms with E-state index in [1.54, 1.807) is 0 Å². The van der Waals surface area contributed by atoms with E-state index >= 15 is 0 Å². The van der Waals surface area contributed by atoms with Crippen LogP contribution in [0.3, 0.4) is 0 Å². The van der Waals surface area contributed by atoms with Crippen LogP contribution in [0.4, 0.5) is 11.4 Å². The highest BCUT2D eigenvalue weighted by Gasteiger charge is 2.02. The van der Waals surface area contributed by atoms with Crippen LogP contribution in [0.5, 0.6) is 0 Å². The van der Waals surface area contributed by atoms with Gasteiger partial charge in [-0.05, 0) is 43.4 Å². The summed E-state index contributed by atoms with van der Waals surface area (Å²) in [6.45, 7) is 3.73. The van der Waals surface area contributed by atoms with Gasteiger partial charge in [-0.25, -0.2) is 0 Å². The maximum absolute atomic E-state index is 8.88. The zero-order valence-electron chi connectivity index (χ0n) is 8.68. The van der Waals surface area contributed by atoms with E-state index in [1.165, 1.54) is 0 Å². The number of anilines is 1. The third-order valence-electron chi connectivity index (χ3n) is 2.14. The molecule has 1 aromatic carbocycles. The van der Waals surface area contributed by atoms with Gasteiger partial charge in [-0.15, -0.1) is 0 Å². The standard InChI is InChI=1S/C11H14N2OS/c1-2-13(7-8-14)11-5-3-10(4-6-11)12-9-15/h3-6,14H,2,7-8H2,1H3. The number of nitrogens with zero attached hydrogens (tertiary/aromatic N) is 2. The van der Waals surface area contributed by atoms with Crippen LogP contribution in [0.15, 0.2) is 29.3 Å². The van der Waals surface area contributed by atoms with Gasteiger partial charge in [-0.3, -0.25) is 0 Å². The van der Waals surface area contributed by atoms with E-state index in [9.17, 15) is 0 Å². The monoisotopic (exact) mass is 222 g/mol. The van der Waals surface area contributed by atoms with Gasteiger partial charge in [0.15, 0.2) is 0 Å². The number of hydrogen-bond acceptors (Lipinski definition) is 4. The first-order valence-electron chi connectivity index (χ1n) is 4.85. The lowest BCUT2D eigenvalue weighted by molar-refractivity contribution is 0.302. The summed E-state index contributed by atoms with van der Waals surface area (Å²) in [5.74, 6) is 0. The Morgan fingerprint density at radius 1 is 1.40 bits per heavy atom. The lowest BCUT2D eigenvalue weighted by Crippen LogP contribution is -2.25. The van der Waals surface area contributed by atoms with Gasteiger partial charge in [-0.2, -0.15) is 4.99 Å². The first-order valence-corrected chi connectivity index (χ1v) is 5.26. The van der Waals surface area contributed by atoms with Gasteiger partial charge < -0.3 is 10.0 Å². The Morgan fingerprint density at radius 2 is 2.07 bits per heavy atom. The second kappa shape index (κ2) is 6.30. The van der Waals surface area contributed by atoms with Crippen LogP contribution in [0.25, 0.3) is 0 Å². The molecule has 0 aliphatic heterocycles. The molecule has 4 heteroatoms. The zero-order valence-corrected chi connectivity index (χ0v) is 9.50. The third-order valence-corrected chi connectivity index (χ3v) is 2.23. The number of aliphatic hydroxyl groups excluding tert-OH is 1. The van der Waals surface area contributed by atoms with Crippen molar-refractivity contribution in [2.75, 3.05) is 24.6 Å². The van der Waals surface area contributed by atoms with Crippen molar-refractivity contribution < 1.29 is 5.11 Å². The van der Waals surface area contributed by atoms with Crippen LogP contribution in [0, 0.1) is 0 Å². The average molecular weight is 222 g/mol. The minimum atomic E-state index is 0.160. The lowest BCUT2D eigenvalue weighted by Gasteiger charge is -2.21. The van der Waals surface area contributed by atoms with Crippen molar-refractivity contribution in [1.29, 1.82) is 0 Å². The molecule has 3 nitrogen and oxygen atoms in total. The molecule has 0 saturated carbocycles. The molecule has 1 aromatic rings. The molecule has 0 radical (unpaired) electrons. The van der Waals surface area contributed by atoms with Crippen LogP contribution in [0.1, 0.15) is 6.92 Å². The molecule has 0 spiro atoms. The fraction of sp³-hybridized carbons (Fsp3) is 0.364. The van der Waals surface area contributed by atoms with Crippen molar-refractivity contribution in [3.05, 3.63) is 24.3 Å².